The van der Waals surface area contributed by atoms with Gasteiger partial charge in [-0.2, -0.15) is 5.26 Å². The second kappa shape index (κ2) is 6.77. The molecule has 1 amide bonds. The first-order chi connectivity index (χ1) is 8.60. The molecule has 0 aromatic heterocycles. The zero-order chi connectivity index (χ0) is 13.5. The lowest BCUT2D eigenvalue weighted by molar-refractivity contribution is -0.124. The van der Waals surface area contributed by atoms with E-state index in [9.17, 15) is 9.59 Å². The van der Waals surface area contributed by atoms with Gasteiger partial charge in [-0.3, -0.25) is 4.79 Å². The van der Waals surface area contributed by atoms with Crippen LogP contribution in [0.15, 0.2) is 12.7 Å². The number of ketones is 1. The fourth-order valence-corrected chi connectivity index (χ4v) is 1.89. The minimum absolute atomic E-state index is 0.178. The van der Waals surface area contributed by atoms with E-state index in [1.54, 1.807) is 11.0 Å². The maximum atomic E-state index is 11.7. The predicted octanol–water partition coefficient (Wildman–Crippen LogP) is 0.441. The van der Waals surface area contributed by atoms with Gasteiger partial charge < -0.3 is 15.4 Å². The summed E-state index contributed by atoms with van der Waals surface area (Å²) in [6, 6.07) is 0.675. The molecule has 1 heterocycles. The van der Waals surface area contributed by atoms with Crippen LogP contribution in [-0.2, 0) is 9.53 Å². The highest BCUT2D eigenvalue weighted by Gasteiger charge is 2.30. The standard InChI is InChI=1S/C12H17N3O3/c1-2-7-18-12(17)15-5-3-9(4-6-15)11(16)10(14)8-13/h2,9-10H,1,3-7,14H2. The molecule has 6 heteroatoms. The number of Topliss-reactive ketones (excluding diaryl/α,β-unsaturated/α-hetero) is 1. The van der Waals surface area contributed by atoms with Crippen LogP contribution in [0.4, 0.5) is 4.79 Å². The van der Waals surface area contributed by atoms with E-state index in [0.29, 0.717) is 25.9 Å². The van der Waals surface area contributed by atoms with Gasteiger partial charge in [0.05, 0.1) is 6.07 Å². The van der Waals surface area contributed by atoms with Crippen LogP contribution in [0, 0.1) is 17.2 Å². The van der Waals surface area contributed by atoms with Crippen molar-refractivity contribution in [2.45, 2.75) is 18.9 Å². The van der Waals surface area contributed by atoms with Gasteiger partial charge >= 0.3 is 6.09 Å². The monoisotopic (exact) mass is 251 g/mol. The second-order valence-corrected chi connectivity index (χ2v) is 4.14. The number of nitrogens with two attached hydrogens (primary N) is 1. The van der Waals surface area contributed by atoms with Gasteiger partial charge in [-0.15, -0.1) is 0 Å². The normalized spacial score (nSPS) is 17.7. The van der Waals surface area contributed by atoms with Crippen molar-refractivity contribution in [3.05, 3.63) is 12.7 Å². The number of carbonyl (C=O) groups is 2. The van der Waals surface area contributed by atoms with Crippen LogP contribution in [0.2, 0.25) is 0 Å². The summed E-state index contributed by atoms with van der Waals surface area (Å²) in [5, 5.41) is 8.58. The van der Waals surface area contributed by atoms with Gasteiger partial charge in [0.2, 0.25) is 0 Å². The van der Waals surface area contributed by atoms with Gasteiger partial charge in [-0.1, -0.05) is 12.7 Å². The molecule has 1 rings (SSSR count). The van der Waals surface area contributed by atoms with Crippen LogP contribution < -0.4 is 5.73 Å². The zero-order valence-electron chi connectivity index (χ0n) is 10.2. The molecule has 1 saturated heterocycles. The van der Waals surface area contributed by atoms with Crippen LogP contribution in [-0.4, -0.2) is 42.5 Å². The van der Waals surface area contributed by atoms with Crippen LogP contribution in [0.3, 0.4) is 0 Å². The molecule has 0 aromatic carbocycles. The van der Waals surface area contributed by atoms with E-state index in [0.717, 1.165) is 0 Å². The maximum Gasteiger partial charge on any atom is 0.410 e. The third-order valence-corrected chi connectivity index (χ3v) is 2.93. The van der Waals surface area contributed by atoms with Gasteiger partial charge in [0.1, 0.15) is 6.61 Å². The number of amides is 1. The molecule has 0 aliphatic carbocycles. The average Bonchev–Trinajstić information content (AvgIpc) is 2.43. The Morgan fingerprint density at radius 3 is 2.67 bits per heavy atom. The van der Waals surface area contributed by atoms with Gasteiger partial charge in [0, 0.05) is 19.0 Å². The molecule has 0 saturated carbocycles. The van der Waals surface area contributed by atoms with E-state index in [4.69, 9.17) is 15.7 Å². The molecule has 0 radical (unpaired) electrons. The van der Waals surface area contributed by atoms with Crippen molar-refractivity contribution in [3.8, 4) is 6.07 Å². The molecule has 1 aliphatic heterocycles. The number of hydrogen-bond acceptors (Lipinski definition) is 5. The number of rotatable bonds is 4. The number of nitrogens with zero attached hydrogens (tertiary/aromatic N) is 2. The molecule has 1 atom stereocenters. The molecule has 1 fully saturated rings. The summed E-state index contributed by atoms with van der Waals surface area (Å²) >= 11 is 0. The van der Waals surface area contributed by atoms with E-state index >= 15 is 0 Å². The molecule has 1 unspecified atom stereocenters. The molecule has 0 bridgehead atoms. The highest BCUT2D eigenvalue weighted by atomic mass is 16.6. The largest absolute Gasteiger partial charge is 0.445 e. The molecular formula is C12H17N3O3. The molecule has 0 spiro atoms. The van der Waals surface area contributed by atoms with Gasteiger partial charge in [-0.05, 0) is 12.8 Å². The zero-order valence-corrected chi connectivity index (χ0v) is 10.2. The quantitative estimate of drug-likeness (QED) is 0.731. The predicted molar refractivity (Wildman–Crippen MR) is 64.4 cm³/mol. The first-order valence-corrected chi connectivity index (χ1v) is 5.81. The topological polar surface area (TPSA) is 96.4 Å². The van der Waals surface area contributed by atoms with Crippen molar-refractivity contribution < 1.29 is 14.3 Å². The maximum absolute atomic E-state index is 11.7. The number of nitriles is 1. The first-order valence-electron chi connectivity index (χ1n) is 5.81. The number of likely N-dealkylation sites (tertiary alicyclic amines) is 1. The Morgan fingerprint density at radius 2 is 2.17 bits per heavy atom. The summed E-state index contributed by atoms with van der Waals surface area (Å²) in [7, 11) is 0. The lowest BCUT2D eigenvalue weighted by Crippen LogP contribution is -2.44. The molecule has 18 heavy (non-hydrogen) atoms. The SMILES string of the molecule is C=CCOC(=O)N1CCC(C(=O)C(N)C#N)CC1. The van der Waals surface area contributed by atoms with E-state index in [1.807, 2.05) is 0 Å². The average molecular weight is 251 g/mol. The van der Waals surface area contributed by atoms with Crippen molar-refractivity contribution in [1.29, 1.82) is 5.26 Å². The smallest absolute Gasteiger partial charge is 0.410 e. The van der Waals surface area contributed by atoms with E-state index in [-0.39, 0.29) is 18.3 Å². The Morgan fingerprint density at radius 1 is 1.56 bits per heavy atom. The first kappa shape index (κ1) is 14.2. The second-order valence-electron chi connectivity index (χ2n) is 4.14. The lowest BCUT2D eigenvalue weighted by atomic mass is 9.89. The number of piperidine rings is 1. The molecule has 2 N–H and O–H groups in total. The summed E-state index contributed by atoms with van der Waals surface area (Å²) < 4.78 is 4.90. The van der Waals surface area contributed by atoms with Crippen LogP contribution in [0.25, 0.3) is 0 Å². The summed E-state index contributed by atoms with van der Waals surface area (Å²) in [6.07, 6.45) is 2.15. The molecule has 1 aliphatic rings. The Hall–Kier alpha value is -1.87. The Labute approximate surface area is 106 Å². The highest BCUT2D eigenvalue weighted by Crippen LogP contribution is 2.19. The van der Waals surface area contributed by atoms with Crippen molar-refractivity contribution in [1.82, 2.24) is 4.90 Å². The third kappa shape index (κ3) is 3.57. The minimum Gasteiger partial charge on any atom is -0.445 e. The number of ether oxygens (including phenoxy) is 1. The van der Waals surface area contributed by atoms with Crippen molar-refractivity contribution in [3.63, 3.8) is 0 Å². The summed E-state index contributed by atoms with van der Waals surface area (Å²) in [5.74, 6) is -0.472. The van der Waals surface area contributed by atoms with Gasteiger partial charge in [0.25, 0.3) is 0 Å². The third-order valence-electron chi connectivity index (χ3n) is 2.93. The molecule has 0 aromatic rings. The van der Waals surface area contributed by atoms with E-state index in [1.165, 1.54) is 6.08 Å². The fraction of sp³-hybridized carbons (Fsp3) is 0.583. The minimum atomic E-state index is -1.06. The molecule has 98 valence electrons. The number of hydrogen-bond donors (Lipinski definition) is 1. The van der Waals surface area contributed by atoms with Crippen LogP contribution >= 0.6 is 0 Å². The molecular weight excluding hydrogens is 234 g/mol. The summed E-state index contributed by atoms with van der Waals surface area (Å²) in [6.45, 7) is 4.53. The fourth-order valence-electron chi connectivity index (χ4n) is 1.89. The Kier molecular flexibility index (Phi) is 5.33. The summed E-state index contributed by atoms with van der Waals surface area (Å²) in [4.78, 5) is 24.7. The Bertz CT molecular complexity index is 367. The van der Waals surface area contributed by atoms with Crippen molar-refractivity contribution in [2.75, 3.05) is 19.7 Å². The lowest BCUT2D eigenvalue weighted by Gasteiger charge is -2.30. The van der Waals surface area contributed by atoms with E-state index < -0.39 is 12.1 Å². The van der Waals surface area contributed by atoms with E-state index in [2.05, 4.69) is 6.58 Å². The summed E-state index contributed by atoms with van der Waals surface area (Å²) in [5.41, 5.74) is 5.38. The highest BCUT2D eigenvalue weighted by molar-refractivity contribution is 5.88. The molecule has 6 nitrogen and oxygen atoms in total. The number of carbonyl (C=O) groups excluding carboxylic acids is 2. The Balaban J connectivity index is 2.41. The van der Waals surface area contributed by atoms with Crippen LogP contribution in [0.5, 0.6) is 0 Å². The van der Waals surface area contributed by atoms with Gasteiger partial charge in [0.15, 0.2) is 11.8 Å². The van der Waals surface area contributed by atoms with Gasteiger partial charge in [-0.25, -0.2) is 4.79 Å². The van der Waals surface area contributed by atoms with Crippen molar-refractivity contribution in [2.24, 2.45) is 11.7 Å². The van der Waals surface area contributed by atoms with Crippen molar-refractivity contribution >= 4 is 11.9 Å². The van der Waals surface area contributed by atoms with Crippen LogP contribution in [0.1, 0.15) is 12.8 Å².